The smallest absolute Gasteiger partial charge is 0.227 e. The lowest BCUT2D eigenvalue weighted by molar-refractivity contribution is -0.117. The molecular weight excluding hydrogens is 269 g/mol. The molecule has 2 aromatic rings. The largest absolute Gasteiger partial charge is 0.323 e. The highest BCUT2D eigenvalue weighted by atomic mass is 19.1. The van der Waals surface area contributed by atoms with Crippen LogP contribution in [-0.2, 0) is 11.3 Å². The summed E-state index contributed by atoms with van der Waals surface area (Å²) in [5, 5.41) is 7.41. The molecule has 1 fully saturated rings. The van der Waals surface area contributed by atoms with Gasteiger partial charge >= 0.3 is 0 Å². The summed E-state index contributed by atoms with van der Waals surface area (Å²) in [5.74, 6) is -0.0156. The Kier molecular flexibility index (Phi) is 3.49. The van der Waals surface area contributed by atoms with E-state index in [0.29, 0.717) is 6.54 Å². The van der Waals surface area contributed by atoms with Crippen LogP contribution in [0.15, 0.2) is 24.3 Å². The van der Waals surface area contributed by atoms with Crippen LogP contribution < -0.4 is 5.32 Å². The number of amides is 1. The standard InChI is InChI=1S/C16H18FN3O/c1-10-15(18-16(21)13-6-7-13)11(2)20(19-10)9-12-4-3-5-14(17)8-12/h3-5,8,13H,6-7,9H2,1-2H3,(H,18,21). The summed E-state index contributed by atoms with van der Waals surface area (Å²) in [6, 6.07) is 6.47. The van der Waals surface area contributed by atoms with Crippen molar-refractivity contribution in [3.8, 4) is 0 Å². The van der Waals surface area contributed by atoms with E-state index in [-0.39, 0.29) is 17.6 Å². The number of anilines is 1. The zero-order valence-corrected chi connectivity index (χ0v) is 12.2. The van der Waals surface area contributed by atoms with Crippen molar-refractivity contribution in [3.05, 3.63) is 47.0 Å². The Hall–Kier alpha value is -2.17. The molecule has 1 aromatic heterocycles. The molecule has 0 spiro atoms. The van der Waals surface area contributed by atoms with Crippen molar-refractivity contribution in [3.63, 3.8) is 0 Å². The minimum Gasteiger partial charge on any atom is -0.323 e. The first-order valence-corrected chi connectivity index (χ1v) is 7.14. The fraction of sp³-hybridized carbons (Fsp3) is 0.375. The average Bonchev–Trinajstić information content (AvgIpc) is 3.24. The molecule has 0 bridgehead atoms. The van der Waals surface area contributed by atoms with Gasteiger partial charge in [-0.15, -0.1) is 0 Å². The fourth-order valence-electron chi connectivity index (χ4n) is 2.41. The van der Waals surface area contributed by atoms with Gasteiger partial charge in [0, 0.05) is 5.92 Å². The van der Waals surface area contributed by atoms with Crippen molar-refractivity contribution in [2.24, 2.45) is 5.92 Å². The summed E-state index contributed by atoms with van der Waals surface area (Å²) in [6.07, 6.45) is 1.95. The molecule has 0 radical (unpaired) electrons. The second-order valence-corrected chi connectivity index (χ2v) is 5.60. The molecule has 1 aliphatic rings. The summed E-state index contributed by atoms with van der Waals surface area (Å²) >= 11 is 0. The Morgan fingerprint density at radius 1 is 1.43 bits per heavy atom. The lowest BCUT2D eigenvalue weighted by Crippen LogP contribution is -2.14. The number of hydrogen-bond acceptors (Lipinski definition) is 2. The van der Waals surface area contributed by atoms with Crippen molar-refractivity contribution in [2.45, 2.75) is 33.2 Å². The number of benzene rings is 1. The van der Waals surface area contributed by atoms with Gasteiger partial charge in [0.05, 0.1) is 23.6 Å². The Bertz CT molecular complexity index is 689. The molecule has 1 N–H and O–H groups in total. The first-order chi connectivity index (χ1) is 10.0. The number of rotatable bonds is 4. The van der Waals surface area contributed by atoms with Gasteiger partial charge in [0.1, 0.15) is 5.82 Å². The van der Waals surface area contributed by atoms with E-state index in [1.165, 1.54) is 12.1 Å². The first-order valence-electron chi connectivity index (χ1n) is 7.14. The maximum Gasteiger partial charge on any atom is 0.227 e. The molecule has 110 valence electrons. The summed E-state index contributed by atoms with van der Waals surface area (Å²) in [5.41, 5.74) is 3.31. The topological polar surface area (TPSA) is 46.9 Å². The molecule has 1 aromatic carbocycles. The molecule has 21 heavy (non-hydrogen) atoms. The van der Waals surface area contributed by atoms with Crippen molar-refractivity contribution in [1.29, 1.82) is 0 Å². The minimum absolute atomic E-state index is 0.0755. The van der Waals surface area contributed by atoms with Crippen LogP contribution in [0.4, 0.5) is 10.1 Å². The second-order valence-electron chi connectivity index (χ2n) is 5.60. The number of nitrogens with one attached hydrogen (secondary N) is 1. The maximum absolute atomic E-state index is 13.2. The van der Waals surface area contributed by atoms with E-state index in [2.05, 4.69) is 10.4 Å². The van der Waals surface area contributed by atoms with Gasteiger partial charge in [-0.3, -0.25) is 9.48 Å². The fourth-order valence-corrected chi connectivity index (χ4v) is 2.41. The summed E-state index contributed by atoms with van der Waals surface area (Å²) in [6.45, 7) is 4.28. The van der Waals surface area contributed by atoms with Crippen LogP contribution in [0.2, 0.25) is 0 Å². The normalized spacial score (nSPS) is 14.2. The van der Waals surface area contributed by atoms with Crippen molar-refractivity contribution < 1.29 is 9.18 Å². The van der Waals surface area contributed by atoms with E-state index in [0.717, 1.165) is 35.5 Å². The second kappa shape index (κ2) is 5.31. The monoisotopic (exact) mass is 287 g/mol. The first kappa shape index (κ1) is 13.8. The summed E-state index contributed by atoms with van der Waals surface area (Å²) < 4.78 is 15.0. The quantitative estimate of drug-likeness (QED) is 0.939. The molecule has 1 saturated carbocycles. The third-order valence-corrected chi connectivity index (χ3v) is 3.80. The number of halogens is 1. The average molecular weight is 287 g/mol. The highest BCUT2D eigenvalue weighted by Gasteiger charge is 2.30. The molecule has 0 atom stereocenters. The maximum atomic E-state index is 13.2. The molecule has 0 saturated heterocycles. The zero-order chi connectivity index (χ0) is 15.0. The summed E-state index contributed by atoms with van der Waals surface area (Å²) in [4.78, 5) is 11.9. The van der Waals surface area contributed by atoms with Gasteiger partial charge in [0.25, 0.3) is 0 Å². The van der Waals surface area contributed by atoms with Crippen LogP contribution in [0, 0.1) is 25.6 Å². The third-order valence-electron chi connectivity index (χ3n) is 3.80. The van der Waals surface area contributed by atoms with Gasteiger partial charge < -0.3 is 5.32 Å². The third kappa shape index (κ3) is 2.96. The van der Waals surface area contributed by atoms with Crippen LogP contribution in [-0.4, -0.2) is 15.7 Å². The van der Waals surface area contributed by atoms with Gasteiger partial charge in [-0.05, 0) is 44.4 Å². The predicted octanol–water partition coefficient (Wildman–Crippen LogP) is 3.04. The number of nitrogens with zero attached hydrogens (tertiary/aromatic N) is 2. The highest BCUT2D eigenvalue weighted by molar-refractivity contribution is 5.95. The Morgan fingerprint density at radius 3 is 2.86 bits per heavy atom. The number of carbonyl (C=O) groups excluding carboxylic acids is 1. The van der Waals surface area contributed by atoms with Crippen molar-refractivity contribution >= 4 is 11.6 Å². The van der Waals surface area contributed by atoms with Crippen LogP contribution in [0.1, 0.15) is 29.8 Å². The Labute approximate surface area is 123 Å². The molecule has 0 aliphatic heterocycles. The molecule has 0 unspecified atom stereocenters. The molecular formula is C16H18FN3O. The van der Waals surface area contributed by atoms with E-state index < -0.39 is 0 Å². The van der Waals surface area contributed by atoms with E-state index in [4.69, 9.17) is 0 Å². The van der Waals surface area contributed by atoms with E-state index in [9.17, 15) is 9.18 Å². The van der Waals surface area contributed by atoms with Crippen LogP contribution in [0.3, 0.4) is 0 Å². The van der Waals surface area contributed by atoms with E-state index in [1.54, 1.807) is 10.7 Å². The van der Waals surface area contributed by atoms with E-state index >= 15 is 0 Å². The predicted molar refractivity (Wildman–Crippen MR) is 78.6 cm³/mol. The molecule has 1 heterocycles. The lowest BCUT2D eigenvalue weighted by Gasteiger charge is -2.07. The van der Waals surface area contributed by atoms with Crippen molar-refractivity contribution in [1.82, 2.24) is 9.78 Å². The number of hydrogen-bond donors (Lipinski definition) is 1. The van der Waals surface area contributed by atoms with Gasteiger partial charge in [-0.1, -0.05) is 12.1 Å². The Balaban J connectivity index is 1.81. The summed E-state index contributed by atoms with van der Waals surface area (Å²) in [7, 11) is 0. The molecule has 4 nitrogen and oxygen atoms in total. The van der Waals surface area contributed by atoms with Gasteiger partial charge in [0.2, 0.25) is 5.91 Å². The van der Waals surface area contributed by atoms with E-state index in [1.807, 2.05) is 19.9 Å². The molecule has 5 heteroatoms. The molecule has 3 rings (SSSR count). The number of aromatic nitrogens is 2. The van der Waals surface area contributed by atoms with Crippen LogP contribution in [0.25, 0.3) is 0 Å². The van der Waals surface area contributed by atoms with Gasteiger partial charge in [0.15, 0.2) is 0 Å². The number of carbonyl (C=O) groups is 1. The number of aryl methyl sites for hydroxylation is 1. The van der Waals surface area contributed by atoms with Gasteiger partial charge in [-0.2, -0.15) is 5.10 Å². The highest BCUT2D eigenvalue weighted by Crippen LogP contribution is 2.31. The van der Waals surface area contributed by atoms with Gasteiger partial charge in [-0.25, -0.2) is 4.39 Å². The lowest BCUT2D eigenvalue weighted by atomic mass is 10.2. The molecule has 1 aliphatic carbocycles. The zero-order valence-electron chi connectivity index (χ0n) is 12.2. The van der Waals surface area contributed by atoms with Crippen LogP contribution >= 0.6 is 0 Å². The van der Waals surface area contributed by atoms with Crippen LogP contribution in [0.5, 0.6) is 0 Å². The Morgan fingerprint density at radius 2 is 2.19 bits per heavy atom. The van der Waals surface area contributed by atoms with Crippen molar-refractivity contribution in [2.75, 3.05) is 5.32 Å². The minimum atomic E-state index is -0.253. The molecule has 1 amide bonds. The SMILES string of the molecule is Cc1nn(Cc2cccc(F)c2)c(C)c1NC(=O)C1CC1.